The molecule has 1 aromatic heterocycles. The molecule has 124 valence electrons. The van der Waals surface area contributed by atoms with Gasteiger partial charge in [0.05, 0.1) is 12.6 Å². The number of carbonyl (C=O) groups is 1. The minimum absolute atomic E-state index is 0.137. The second kappa shape index (κ2) is 7.73. The Morgan fingerprint density at radius 3 is 2.91 bits per heavy atom. The third kappa shape index (κ3) is 4.29. The second-order valence-electron chi connectivity index (χ2n) is 5.52. The number of benzene rings is 1. The van der Waals surface area contributed by atoms with Crippen molar-refractivity contribution in [1.29, 1.82) is 0 Å². The molecule has 1 N–H and O–H groups in total. The molecule has 23 heavy (non-hydrogen) atoms. The zero-order chi connectivity index (χ0) is 16.8. The highest BCUT2D eigenvalue weighted by Gasteiger charge is 2.17. The molecule has 7 heteroatoms. The fourth-order valence-corrected chi connectivity index (χ4v) is 2.23. The summed E-state index contributed by atoms with van der Waals surface area (Å²) in [6.45, 7) is 3.10. The van der Waals surface area contributed by atoms with Gasteiger partial charge in [0.15, 0.2) is 5.82 Å². The van der Waals surface area contributed by atoms with E-state index in [2.05, 4.69) is 15.5 Å². The summed E-state index contributed by atoms with van der Waals surface area (Å²) in [6.07, 6.45) is 1.64. The maximum Gasteiger partial charge on any atom is 0.251 e. The monoisotopic (exact) mass is 317 g/mol. The Kier molecular flexibility index (Phi) is 5.70. The van der Waals surface area contributed by atoms with Crippen LogP contribution in [0.4, 0.5) is 5.69 Å². The van der Waals surface area contributed by atoms with Gasteiger partial charge < -0.3 is 19.5 Å². The maximum absolute atomic E-state index is 12.4. The predicted octanol–water partition coefficient (Wildman–Crippen LogP) is 1.48. The van der Waals surface area contributed by atoms with E-state index in [1.165, 1.54) is 0 Å². The molecule has 2 aromatic rings. The summed E-state index contributed by atoms with van der Waals surface area (Å²) in [7, 11) is 5.53. The molecule has 1 heterocycles. The summed E-state index contributed by atoms with van der Waals surface area (Å²) in [6, 6.07) is 7.24. The van der Waals surface area contributed by atoms with Crippen molar-refractivity contribution >= 4 is 11.6 Å². The second-order valence-corrected chi connectivity index (χ2v) is 5.52. The number of hydrogen-bond acceptors (Lipinski definition) is 5. The summed E-state index contributed by atoms with van der Waals surface area (Å²) in [5.41, 5.74) is 1.60. The smallest absolute Gasteiger partial charge is 0.251 e. The van der Waals surface area contributed by atoms with Crippen LogP contribution in [0.1, 0.15) is 29.1 Å². The number of ether oxygens (including phenoxy) is 1. The fraction of sp³-hybridized carbons (Fsp3) is 0.438. The number of aromatic nitrogens is 3. The van der Waals surface area contributed by atoms with E-state index in [9.17, 15) is 4.79 Å². The molecule has 0 unspecified atom stereocenters. The molecular formula is C16H23N5O2. The Labute approximate surface area is 136 Å². The topological polar surface area (TPSA) is 72.3 Å². The Morgan fingerprint density at radius 2 is 2.22 bits per heavy atom. The van der Waals surface area contributed by atoms with Crippen LogP contribution >= 0.6 is 0 Å². The van der Waals surface area contributed by atoms with Crippen LogP contribution in [0.3, 0.4) is 0 Å². The van der Waals surface area contributed by atoms with E-state index in [0.717, 1.165) is 5.69 Å². The molecule has 2 rings (SSSR count). The summed E-state index contributed by atoms with van der Waals surface area (Å²) in [5.74, 6) is 0.571. The van der Waals surface area contributed by atoms with Crippen LogP contribution < -0.4 is 10.2 Å². The number of methoxy groups -OCH3 is 1. The lowest BCUT2D eigenvalue weighted by molar-refractivity contribution is 0.0937. The minimum atomic E-state index is -0.245. The lowest BCUT2D eigenvalue weighted by Crippen LogP contribution is -2.29. The third-order valence-electron chi connectivity index (χ3n) is 3.54. The molecular weight excluding hydrogens is 294 g/mol. The molecule has 0 aliphatic rings. The van der Waals surface area contributed by atoms with Crippen molar-refractivity contribution in [2.75, 3.05) is 32.7 Å². The fourth-order valence-electron chi connectivity index (χ4n) is 2.23. The molecule has 1 aromatic carbocycles. The average Bonchev–Trinajstić information content (AvgIpc) is 3.01. The first-order valence-corrected chi connectivity index (χ1v) is 7.47. The van der Waals surface area contributed by atoms with Gasteiger partial charge in [-0.15, -0.1) is 10.2 Å². The molecule has 0 radical (unpaired) electrons. The third-order valence-corrected chi connectivity index (χ3v) is 3.54. The Morgan fingerprint density at radius 1 is 1.43 bits per heavy atom. The number of anilines is 1. The van der Waals surface area contributed by atoms with Crippen LogP contribution in [0, 0.1) is 0 Å². The van der Waals surface area contributed by atoms with E-state index in [0.29, 0.717) is 24.5 Å². The molecule has 0 fully saturated rings. The van der Waals surface area contributed by atoms with Gasteiger partial charge in [-0.05, 0) is 25.1 Å². The first-order chi connectivity index (χ1) is 11.0. The highest BCUT2D eigenvalue weighted by Crippen LogP contribution is 2.15. The van der Waals surface area contributed by atoms with E-state index < -0.39 is 0 Å². The van der Waals surface area contributed by atoms with Gasteiger partial charge >= 0.3 is 0 Å². The van der Waals surface area contributed by atoms with Crippen molar-refractivity contribution in [2.45, 2.75) is 19.5 Å². The van der Waals surface area contributed by atoms with Crippen molar-refractivity contribution < 1.29 is 9.53 Å². The zero-order valence-electron chi connectivity index (χ0n) is 14.0. The van der Waals surface area contributed by atoms with Gasteiger partial charge in [-0.1, -0.05) is 6.07 Å². The van der Waals surface area contributed by atoms with E-state index in [-0.39, 0.29) is 11.9 Å². The van der Waals surface area contributed by atoms with Crippen molar-refractivity contribution in [2.24, 2.45) is 0 Å². The maximum atomic E-state index is 12.4. The average molecular weight is 317 g/mol. The number of nitrogens with one attached hydrogen (secondary N) is 1. The molecule has 1 atom stereocenters. The van der Waals surface area contributed by atoms with E-state index in [1.54, 1.807) is 19.5 Å². The van der Waals surface area contributed by atoms with E-state index in [1.807, 2.05) is 48.7 Å². The van der Waals surface area contributed by atoms with Gasteiger partial charge in [0.25, 0.3) is 5.91 Å². The van der Waals surface area contributed by atoms with Crippen molar-refractivity contribution in [3.63, 3.8) is 0 Å². The lowest BCUT2D eigenvalue weighted by atomic mass is 10.1. The number of carbonyl (C=O) groups excluding carboxylic acids is 1. The largest absolute Gasteiger partial charge is 0.383 e. The molecule has 1 amide bonds. The minimum Gasteiger partial charge on any atom is -0.383 e. The van der Waals surface area contributed by atoms with Crippen molar-refractivity contribution in [1.82, 2.24) is 20.1 Å². The zero-order valence-corrected chi connectivity index (χ0v) is 14.0. The summed E-state index contributed by atoms with van der Waals surface area (Å²) >= 11 is 0. The van der Waals surface area contributed by atoms with E-state index >= 15 is 0 Å². The van der Waals surface area contributed by atoms with Crippen LogP contribution in [0.15, 0.2) is 30.6 Å². The van der Waals surface area contributed by atoms with Crippen molar-refractivity contribution in [3.8, 4) is 0 Å². The highest BCUT2D eigenvalue weighted by molar-refractivity contribution is 5.95. The Hall–Kier alpha value is -2.41. The van der Waals surface area contributed by atoms with Gasteiger partial charge in [0.1, 0.15) is 6.33 Å². The molecule has 0 aliphatic heterocycles. The van der Waals surface area contributed by atoms with Crippen LogP contribution in [0.2, 0.25) is 0 Å². The number of rotatable bonds is 7. The summed E-state index contributed by atoms with van der Waals surface area (Å²) in [4.78, 5) is 14.4. The molecule has 0 saturated carbocycles. The van der Waals surface area contributed by atoms with Crippen LogP contribution in [0.5, 0.6) is 0 Å². The molecule has 0 bridgehead atoms. The molecule has 0 spiro atoms. The van der Waals surface area contributed by atoms with Crippen LogP contribution in [-0.2, 0) is 11.3 Å². The van der Waals surface area contributed by atoms with Crippen LogP contribution in [-0.4, -0.2) is 48.5 Å². The summed E-state index contributed by atoms with van der Waals surface area (Å²) < 4.78 is 6.95. The van der Waals surface area contributed by atoms with Gasteiger partial charge in [0, 0.05) is 39.0 Å². The predicted molar refractivity (Wildman–Crippen MR) is 88.5 cm³/mol. The number of amides is 1. The Balaban J connectivity index is 2.08. The van der Waals surface area contributed by atoms with Gasteiger partial charge in [-0.3, -0.25) is 4.79 Å². The van der Waals surface area contributed by atoms with Gasteiger partial charge in [0.2, 0.25) is 0 Å². The number of hydrogen-bond donors (Lipinski definition) is 1. The molecule has 0 aliphatic carbocycles. The summed E-state index contributed by atoms with van der Waals surface area (Å²) in [5, 5.41) is 11.0. The van der Waals surface area contributed by atoms with E-state index in [4.69, 9.17) is 4.74 Å². The SMILES string of the molecule is COCCn1cnnc1[C@@H](C)NC(=O)c1cccc(N(C)C)c1. The number of nitrogens with zero attached hydrogens (tertiary/aromatic N) is 4. The van der Waals surface area contributed by atoms with Gasteiger partial charge in [-0.25, -0.2) is 0 Å². The standard InChI is InChI=1S/C16H23N5O2/c1-12(15-19-17-11-21(15)8-9-23-4)18-16(22)13-6-5-7-14(10-13)20(2)3/h5-7,10-12H,8-9H2,1-4H3,(H,18,22)/t12-/m1/s1. The first-order valence-electron chi connectivity index (χ1n) is 7.47. The first kappa shape index (κ1) is 17.0. The molecule has 0 saturated heterocycles. The normalized spacial score (nSPS) is 12.0. The highest BCUT2D eigenvalue weighted by atomic mass is 16.5. The Bertz CT molecular complexity index is 653. The lowest BCUT2D eigenvalue weighted by Gasteiger charge is -2.16. The van der Waals surface area contributed by atoms with Gasteiger partial charge in [-0.2, -0.15) is 0 Å². The molecule has 7 nitrogen and oxygen atoms in total. The van der Waals surface area contributed by atoms with Crippen molar-refractivity contribution in [3.05, 3.63) is 42.0 Å². The van der Waals surface area contributed by atoms with Crippen LogP contribution in [0.25, 0.3) is 0 Å². The quantitative estimate of drug-likeness (QED) is 0.837.